The van der Waals surface area contributed by atoms with Crippen molar-refractivity contribution in [1.82, 2.24) is 14.9 Å². The van der Waals surface area contributed by atoms with Crippen LogP contribution in [0.4, 0.5) is 0 Å². The van der Waals surface area contributed by atoms with E-state index in [1.54, 1.807) is 7.11 Å². The summed E-state index contributed by atoms with van der Waals surface area (Å²) in [5.74, 6) is 1.83. The summed E-state index contributed by atoms with van der Waals surface area (Å²) in [6.45, 7) is 5.30. The molecule has 1 aromatic heterocycles. The number of likely N-dealkylation sites (tertiary alicyclic amines) is 1. The minimum absolute atomic E-state index is 0.120. The molecule has 2 aromatic rings. The van der Waals surface area contributed by atoms with Crippen molar-refractivity contribution in [2.24, 2.45) is 5.92 Å². The van der Waals surface area contributed by atoms with Gasteiger partial charge in [0.05, 0.1) is 7.11 Å². The first-order valence-electron chi connectivity index (χ1n) is 9.99. The summed E-state index contributed by atoms with van der Waals surface area (Å²) >= 11 is 0. The molecule has 3 rings (SSSR count). The molecule has 150 valence electrons. The van der Waals surface area contributed by atoms with E-state index < -0.39 is 0 Å². The Morgan fingerprint density at radius 2 is 2.07 bits per heavy atom. The van der Waals surface area contributed by atoms with Crippen LogP contribution in [0.1, 0.15) is 60.8 Å². The molecular weight excluding hydrogens is 354 g/mol. The minimum Gasteiger partial charge on any atom is -0.497 e. The number of methoxy groups -OCH3 is 1. The van der Waals surface area contributed by atoms with Crippen molar-refractivity contribution in [3.8, 4) is 5.75 Å². The molecule has 1 aliphatic rings. The summed E-state index contributed by atoms with van der Waals surface area (Å²) in [6.07, 6.45) is 5.51. The Labute approximate surface area is 165 Å². The normalized spacial score (nSPS) is 17.0. The summed E-state index contributed by atoms with van der Waals surface area (Å²) in [5.41, 5.74) is 1.07. The van der Waals surface area contributed by atoms with Crippen molar-refractivity contribution in [3.05, 3.63) is 57.8 Å². The quantitative estimate of drug-likeness (QED) is 0.830. The molecule has 1 aliphatic heterocycles. The van der Waals surface area contributed by atoms with Crippen molar-refractivity contribution in [1.29, 1.82) is 0 Å². The van der Waals surface area contributed by atoms with Gasteiger partial charge in [-0.15, -0.1) is 0 Å². The zero-order valence-corrected chi connectivity index (χ0v) is 16.9. The number of rotatable bonds is 6. The Kier molecular flexibility index (Phi) is 6.49. The fraction of sp³-hybridized carbons (Fsp3) is 0.500. The Morgan fingerprint density at radius 1 is 1.32 bits per heavy atom. The van der Waals surface area contributed by atoms with Gasteiger partial charge in [-0.25, -0.2) is 4.98 Å². The number of aryl methyl sites for hydroxylation is 1. The number of carbonyl (C=O) groups excluding carboxylic acids is 1. The third-order valence-electron chi connectivity index (χ3n) is 5.40. The van der Waals surface area contributed by atoms with E-state index in [9.17, 15) is 9.59 Å². The van der Waals surface area contributed by atoms with Crippen molar-refractivity contribution < 1.29 is 9.53 Å². The van der Waals surface area contributed by atoms with Gasteiger partial charge >= 0.3 is 0 Å². The fourth-order valence-corrected chi connectivity index (χ4v) is 3.67. The van der Waals surface area contributed by atoms with E-state index >= 15 is 0 Å². The monoisotopic (exact) mass is 383 g/mol. The largest absolute Gasteiger partial charge is 0.497 e. The Hall–Kier alpha value is -2.63. The van der Waals surface area contributed by atoms with Crippen LogP contribution in [0.25, 0.3) is 0 Å². The summed E-state index contributed by atoms with van der Waals surface area (Å²) in [7, 11) is 1.67. The second-order valence-electron chi connectivity index (χ2n) is 7.81. The number of aromatic nitrogens is 2. The first-order valence-corrected chi connectivity index (χ1v) is 9.99. The number of benzene rings is 1. The number of nitrogens with one attached hydrogen (secondary N) is 1. The average molecular weight is 383 g/mol. The number of piperidine rings is 1. The van der Waals surface area contributed by atoms with Gasteiger partial charge in [-0.2, -0.15) is 0 Å². The number of carbonyl (C=O) groups is 1. The maximum atomic E-state index is 12.8. The predicted octanol–water partition coefficient (Wildman–Crippen LogP) is 3.39. The zero-order valence-electron chi connectivity index (χ0n) is 16.9. The van der Waals surface area contributed by atoms with Crippen molar-refractivity contribution in [2.75, 3.05) is 20.2 Å². The molecule has 6 nitrogen and oxygen atoms in total. The molecule has 2 heterocycles. The molecule has 0 saturated carbocycles. The van der Waals surface area contributed by atoms with Gasteiger partial charge in [0.25, 0.3) is 11.5 Å². The minimum atomic E-state index is -0.343. The Balaban J connectivity index is 1.60. The molecule has 0 aliphatic carbocycles. The van der Waals surface area contributed by atoms with E-state index in [1.807, 2.05) is 30.9 Å². The van der Waals surface area contributed by atoms with E-state index in [-0.39, 0.29) is 22.9 Å². The second kappa shape index (κ2) is 9.04. The van der Waals surface area contributed by atoms with Crippen molar-refractivity contribution >= 4 is 5.91 Å². The van der Waals surface area contributed by atoms with Gasteiger partial charge in [-0.3, -0.25) is 9.59 Å². The molecule has 6 heteroatoms. The summed E-state index contributed by atoms with van der Waals surface area (Å²) < 4.78 is 5.20. The van der Waals surface area contributed by atoms with E-state index in [0.29, 0.717) is 24.8 Å². The summed E-state index contributed by atoms with van der Waals surface area (Å²) in [6, 6.07) is 8.14. The Bertz CT molecular complexity index is 858. The molecule has 1 fully saturated rings. The van der Waals surface area contributed by atoms with Gasteiger partial charge in [0.2, 0.25) is 0 Å². The number of ether oxygens (including phenoxy) is 1. The Morgan fingerprint density at radius 3 is 2.71 bits per heavy atom. The highest BCUT2D eigenvalue weighted by molar-refractivity contribution is 5.93. The lowest BCUT2D eigenvalue weighted by Gasteiger charge is -2.32. The molecule has 1 atom stereocenters. The standard InChI is InChI=1S/C22H29N3O3/c1-15(2)20-23-13-19(21(26)24-20)22(27)25-12-4-5-17(14-25)7-6-16-8-10-18(28-3)11-9-16/h8-11,13,15,17H,4-7,12,14H2,1-3H3,(H,23,24,26). The first-order chi connectivity index (χ1) is 13.5. The molecule has 28 heavy (non-hydrogen) atoms. The number of nitrogens with zero attached hydrogens (tertiary/aromatic N) is 2. The average Bonchev–Trinajstić information content (AvgIpc) is 2.72. The number of H-pyrrole nitrogens is 1. The molecule has 0 radical (unpaired) electrons. The smallest absolute Gasteiger partial charge is 0.263 e. The molecule has 1 amide bonds. The third-order valence-corrected chi connectivity index (χ3v) is 5.40. The summed E-state index contributed by atoms with van der Waals surface area (Å²) in [5, 5.41) is 0. The van der Waals surface area contributed by atoms with Gasteiger partial charge in [0, 0.05) is 25.2 Å². The topological polar surface area (TPSA) is 75.3 Å². The highest BCUT2D eigenvalue weighted by Crippen LogP contribution is 2.23. The van der Waals surface area contributed by atoms with Gasteiger partial charge in [-0.05, 0) is 49.3 Å². The van der Waals surface area contributed by atoms with Crippen LogP contribution in [0.2, 0.25) is 0 Å². The first kappa shape index (κ1) is 20.1. The number of aromatic amines is 1. The van der Waals surface area contributed by atoms with Crippen LogP contribution in [0.15, 0.2) is 35.3 Å². The van der Waals surface area contributed by atoms with Crippen LogP contribution >= 0.6 is 0 Å². The van der Waals surface area contributed by atoms with Crippen LogP contribution in [0.3, 0.4) is 0 Å². The molecule has 1 saturated heterocycles. The lowest BCUT2D eigenvalue weighted by Crippen LogP contribution is -2.42. The van der Waals surface area contributed by atoms with Gasteiger partial charge in [-0.1, -0.05) is 26.0 Å². The predicted molar refractivity (Wildman–Crippen MR) is 109 cm³/mol. The van der Waals surface area contributed by atoms with Crippen LogP contribution in [0.5, 0.6) is 5.75 Å². The third kappa shape index (κ3) is 4.80. The lowest BCUT2D eigenvalue weighted by atomic mass is 9.91. The van der Waals surface area contributed by atoms with Crippen LogP contribution in [0, 0.1) is 5.92 Å². The second-order valence-corrected chi connectivity index (χ2v) is 7.81. The van der Waals surface area contributed by atoms with E-state index in [4.69, 9.17) is 4.74 Å². The van der Waals surface area contributed by atoms with Gasteiger partial charge in [0.1, 0.15) is 17.1 Å². The van der Waals surface area contributed by atoms with Crippen LogP contribution in [-0.4, -0.2) is 41.0 Å². The number of hydrogen-bond donors (Lipinski definition) is 1. The van der Waals surface area contributed by atoms with Crippen molar-refractivity contribution in [2.45, 2.75) is 45.4 Å². The van der Waals surface area contributed by atoms with Crippen LogP contribution in [-0.2, 0) is 6.42 Å². The summed E-state index contributed by atoms with van der Waals surface area (Å²) in [4.78, 5) is 34.0. The van der Waals surface area contributed by atoms with Crippen molar-refractivity contribution in [3.63, 3.8) is 0 Å². The van der Waals surface area contributed by atoms with Gasteiger partial charge in [0.15, 0.2) is 0 Å². The fourth-order valence-electron chi connectivity index (χ4n) is 3.67. The number of amides is 1. The van der Waals surface area contributed by atoms with Crippen LogP contribution < -0.4 is 10.3 Å². The molecule has 0 bridgehead atoms. The SMILES string of the molecule is COc1ccc(CCC2CCCN(C(=O)c3cnc(C(C)C)[nH]c3=O)C2)cc1. The highest BCUT2D eigenvalue weighted by Gasteiger charge is 2.26. The van der Waals surface area contributed by atoms with E-state index in [0.717, 1.165) is 31.4 Å². The zero-order chi connectivity index (χ0) is 20.1. The maximum absolute atomic E-state index is 12.8. The maximum Gasteiger partial charge on any atom is 0.263 e. The van der Waals surface area contributed by atoms with E-state index in [1.165, 1.54) is 11.8 Å². The molecule has 0 spiro atoms. The molecule has 1 unspecified atom stereocenters. The lowest BCUT2D eigenvalue weighted by molar-refractivity contribution is 0.0666. The number of hydrogen-bond acceptors (Lipinski definition) is 4. The molecular formula is C22H29N3O3. The van der Waals surface area contributed by atoms with Gasteiger partial charge < -0.3 is 14.6 Å². The molecule has 1 aromatic carbocycles. The van der Waals surface area contributed by atoms with E-state index in [2.05, 4.69) is 22.1 Å². The highest BCUT2D eigenvalue weighted by atomic mass is 16.5. The molecule has 1 N–H and O–H groups in total.